The molecule has 0 aromatic heterocycles. The molecule has 3 nitrogen and oxygen atoms in total. The van der Waals surface area contributed by atoms with Gasteiger partial charge in [0, 0.05) is 11.3 Å². The summed E-state index contributed by atoms with van der Waals surface area (Å²) in [6, 6.07) is 88.5. The van der Waals surface area contributed by atoms with E-state index >= 15 is 0 Å². The summed E-state index contributed by atoms with van der Waals surface area (Å²) in [5.41, 5.74) is 19.8. The maximum atomic E-state index is 5.27. The summed E-state index contributed by atoms with van der Waals surface area (Å²) in [6.07, 6.45) is 2.25. The molecule has 10 aromatic rings. The number of anilines is 3. The molecule has 0 bridgehead atoms. The molecule has 1 aliphatic carbocycles. The molecule has 2 aliphatic heterocycles. The highest BCUT2D eigenvalue weighted by Crippen LogP contribution is 2.64. The van der Waals surface area contributed by atoms with Gasteiger partial charge in [0.1, 0.15) is 5.84 Å². The van der Waals surface area contributed by atoms with Crippen LogP contribution in [0.3, 0.4) is 0 Å². The third kappa shape index (κ3) is 6.01. The van der Waals surface area contributed by atoms with Crippen LogP contribution >= 0.6 is 0 Å². The van der Waals surface area contributed by atoms with Crippen molar-refractivity contribution in [3.63, 3.8) is 0 Å². The van der Waals surface area contributed by atoms with E-state index in [1.807, 2.05) is 0 Å². The summed E-state index contributed by atoms with van der Waals surface area (Å²) in [5, 5.41) is 6.23. The summed E-state index contributed by atoms with van der Waals surface area (Å²) in [5.74, 6) is 0.863. The molecule has 1 atom stereocenters. The van der Waals surface area contributed by atoms with E-state index in [1.54, 1.807) is 0 Å². The quantitative estimate of drug-likeness (QED) is 0.181. The number of nitrogens with zero attached hydrogens (tertiary/aromatic N) is 2. The number of amidine groups is 1. The molecule has 3 aliphatic rings. The third-order valence-corrected chi connectivity index (χ3v) is 13.9. The molecule has 1 unspecified atom stereocenters. The molecule has 0 fully saturated rings. The van der Waals surface area contributed by atoms with Crippen LogP contribution in [0.2, 0.25) is 0 Å². The van der Waals surface area contributed by atoms with E-state index in [0.29, 0.717) is 0 Å². The van der Waals surface area contributed by atoms with Crippen LogP contribution in [-0.4, -0.2) is 5.84 Å². The highest BCUT2D eigenvalue weighted by molar-refractivity contribution is 6.04. The Kier molecular flexibility index (Phi) is 8.82. The maximum absolute atomic E-state index is 5.27. The van der Waals surface area contributed by atoms with E-state index in [0.717, 1.165) is 28.3 Å². The number of benzene rings is 10. The zero-order valence-electron chi connectivity index (χ0n) is 36.1. The number of rotatable bonds is 6. The van der Waals surface area contributed by atoms with Gasteiger partial charge in [-0.1, -0.05) is 200 Å². The van der Waals surface area contributed by atoms with Crippen LogP contribution in [0.4, 0.5) is 17.1 Å². The average molecular weight is 842 g/mol. The van der Waals surface area contributed by atoms with Crippen molar-refractivity contribution >= 4 is 39.4 Å². The van der Waals surface area contributed by atoms with Crippen molar-refractivity contribution in [3.05, 3.63) is 288 Å². The normalized spacial score (nSPS) is 15.2. The first kappa shape index (κ1) is 38.0. The summed E-state index contributed by atoms with van der Waals surface area (Å²) in [4.78, 5) is 7.72. The zero-order valence-corrected chi connectivity index (χ0v) is 36.1. The van der Waals surface area contributed by atoms with Crippen molar-refractivity contribution in [3.8, 4) is 33.4 Å². The second-order valence-electron chi connectivity index (χ2n) is 17.5. The van der Waals surface area contributed by atoms with Crippen molar-refractivity contribution in [2.45, 2.75) is 11.5 Å². The van der Waals surface area contributed by atoms with Crippen LogP contribution in [0.15, 0.2) is 254 Å². The van der Waals surface area contributed by atoms with Gasteiger partial charge in [-0.05, 0) is 126 Å². The lowest BCUT2D eigenvalue weighted by Gasteiger charge is -2.45. The van der Waals surface area contributed by atoms with Crippen molar-refractivity contribution in [1.29, 1.82) is 0 Å². The van der Waals surface area contributed by atoms with Crippen LogP contribution in [0.1, 0.15) is 45.0 Å². The minimum Gasteiger partial charge on any atom is -0.359 e. The van der Waals surface area contributed by atoms with Crippen LogP contribution in [0, 0.1) is 0 Å². The minimum atomic E-state index is -0.524. The zero-order chi connectivity index (χ0) is 43.6. The summed E-state index contributed by atoms with van der Waals surface area (Å²) in [6.45, 7) is 0. The van der Waals surface area contributed by atoms with Crippen molar-refractivity contribution in [2.24, 2.45) is 4.99 Å². The van der Waals surface area contributed by atoms with Crippen LogP contribution < -0.4 is 10.2 Å². The van der Waals surface area contributed by atoms with E-state index in [4.69, 9.17) is 4.99 Å². The molecular weight excluding hydrogens is 799 g/mol. The fraction of sp³-hybridized carbons (Fsp3) is 0.0317. The molecule has 1 N–H and O–H groups in total. The molecule has 0 saturated carbocycles. The lowest BCUT2D eigenvalue weighted by atomic mass is 9.64. The van der Waals surface area contributed by atoms with Crippen LogP contribution in [0.25, 0.3) is 49.9 Å². The van der Waals surface area contributed by atoms with E-state index < -0.39 is 5.41 Å². The van der Waals surface area contributed by atoms with Crippen molar-refractivity contribution < 1.29 is 0 Å². The van der Waals surface area contributed by atoms with Crippen LogP contribution in [0.5, 0.6) is 0 Å². The lowest BCUT2D eigenvalue weighted by molar-refractivity contribution is 0.753. The Hall–Kier alpha value is -8.53. The summed E-state index contributed by atoms with van der Waals surface area (Å²) in [7, 11) is 0. The molecule has 3 heteroatoms. The number of nitrogens with one attached hydrogen (secondary N) is 1. The Bertz CT molecular complexity index is 3490. The fourth-order valence-corrected chi connectivity index (χ4v) is 10.8. The predicted molar refractivity (Wildman–Crippen MR) is 274 cm³/mol. The molecule has 10 aromatic carbocycles. The van der Waals surface area contributed by atoms with Gasteiger partial charge in [0.15, 0.2) is 0 Å². The number of fused-ring (bicyclic) bond motifs is 10. The van der Waals surface area contributed by atoms with Gasteiger partial charge >= 0.3 is 0 Å². The molecule has 13 rings (SSSR count). The Morgan fingerprint density at radius 3 is 1.56 bits per heavy atom. The molecule has 66 heavy (non-hydrogen) atoms. The Balaban J connectivity index is 0.925. The number of hydrogen-bond acceptors (Lipinski definition) is 3. The van der Waals surface area contributed by atoms with Gasteiger partial charge < -0.3 is 10.2 Å². The van der Waals surface area contributed by atoms with Crippen molar-refractivity contribution in [1.82, 2.24) is 5.32 Å². The second kappa shape index (κ2) is 15.3. The topological polar surface area (TPSA) is 27.6 Å². The highest BCUT2D eigenvalue weighted by Gasteiger charge is 2.51. The van der Waals surface area contributed by atoms with Gasteiger partial charge in [-0.15, -0.1) is 0 Å². The van der Waals surface area contributed by atoms with Gasteiger partial charge in [0.25, 0.3) is 0 Å². The molecule has 310 valence electrons. The fourth-order valence-electron chi connectivity index (χ4n) is 10.8. The standard InChI is InChI=1S/C63H43N3/c1-4-16-42(17-5-1)43-30-34-47(35-31-43)62-64-58(45-18-6-2-7-19-45)41-59(65-62)46-32-28-44(29-33-46)50-36-37-54-52(39-50)53-38-48-20-10-11-21-49(48)40-57(53)63(54)55-24-12-14-26-60(55)66(51-22-8-3-9-23-51)61-27-15-13-25-56(61)63/h1-41,58H,(H,64,65). The number of para-hydroxylation sites is 3. The first-order valence-corrected chi connectivity index (χ1v) is 22.8. The SMILES string of the molecule is C1=C(c2ccc(-c3ccc4c(c3)-c3cc5ccccc5cc3C43c4ccccc4N(c4ccccc4)c4ccccc43)cc2)N=C(c2ccc(-c3ccccc3)cc2)NC1c1ccccc1. The van der Waals surface area contributed by atoms with Gasteiger partial charge in [-0.3, -0.25) is 0 Å². The van der Waals surface area contributed by atoms with Crippen molar-refractivity contribution in [2.75, 3.05) is 4.90 Å². The Morgan fingerprint density at radius 1 is 0.379 bits per heavy atom. The summed E-state index contributed by atoms with van der Waals surface area (Å²) >= 11 is 0. The first-order valence-electron chi connectivity index (χ1n) is 22.8. The number of aliphatic imine (C=N–C) groups is 1. The number of hydrogen-bond donors (Lipinski definition) is 1. The molecular formula is C63H43N3. The van der Waals surface area contributed by atoms with Gasteiger partial charge in [-0.25, -0.2) is 4.99 Å². The Morgan fingerprint density at radius 2 is 0.879 bits per heavy atom. The van der Waals surface area contributed by atoms with Gasteiger partial charge in [-0.2, -0.15) is 0 Å². The van der Waals surface area contributed by atoms with E-state index in [9.17, 15) is 0 Å². The molecule has 0 amide bonds. The average Bonchev–Trinajstić information content (AvgIpc) is 3.67. The van der Waals surface area contributed by atoms with E-state index in [-0.39, 0.29) is 6.04 Å². The monoisotopic (exact) mass is 841 g/mol. The second-order valence-corrected chi connectivity index (χ2v) is 17.5. The minimum absolute atomic E-state index is 0.0304. The maximum Gasteiger partial charge on any atom is 0.134 e. The Labute approximate surface area is 385 Å². The predicted octanol–water partition coefficient (Wildman–Crippen LogP) is 15.5. The van der Waals surface area contributed by atoms with Gasteiger partial charge in [0.05, 0.1) is 28.5 Å². The lowest BCUT2D eigenvalue weighted by Crippen LogP contribution is -2.36. The first-order chi connectivity index (χ1) is 32.7. The molecule has 1 spiro atoms. The molecule has 0 saturated heterocycles. The molecule has 2 heterocycles. The van der Waals surface area contributed by atoms with E-state index in [2.05, 4.69) is 259 Å². The smallest absolute Gasteiger partial charge is 0.134 e. The van der Waals surface area contributed by atoms with E-state index in [1.165, 1.54) is 83.3 Å². The molecule has 0 radical (unpaired) electrons. The largest absolute Gasteiger partial charge is 0.359 e. The third-order valence-electron chi connectivity index (χ3n) is 13.9. The van der Waals surface area contributed by atoms with Crippen LogP contribution in [-0.2, 0) is 5.41 Å². The highest BCUT2D eigenvalue weighted by atomic mass is 15.2. The summed E-state index contributed by atoms with van der Waals surface area (Å²) < 4.78 is 0. The van der Waals surface area contributed by atoms with Gasteiger partial charge in [0.2, 0.25) is 0 Å².